The van der Waals surface area contributed by atoms with Crippen molar-refractivity contribution >= 4 is 17.5 Å². The quantitative estimate of drug-likeness (QED) is 0.910. The van der Waals surface area contributed by atoms with Gasteiger partial charge >= 0.3 is 0 Å². The summed E-state index contributed by atoms with van der Waals surface area (Å²) in [4.78, 5) is 11.9. The van der Waals surface area contributed by atoms with E-state index in [2.05, 4.69) is 5.32 Å². The number of aliphatic hydroxyl groups is 1. The molecule has 0 aliphatic rings. The van der Waals surface area contributed by atoms with Crippen LogP contribution in [0.25, 0.3) is 0 Å². The van der Waals surface area contributed by atoms with E-state index < -0.39 is 6.10 Å². The van der Waals surface area contributed by atoms with Crippen molar-refractivity contribution in [1.82, 2.24) is 5.32 Å². The predicted molar refractivity (Wildman–Crippen MR) is 75.1 cm³/mol. The van der Waals surface area contributed by atoms with Crippen LogP contribution in [0.1, 0.15) is 22.0 Å². The molecule has 0 saturated heterocycles. The van der Waals surface area contributed by atoms with Gasteiger partial charge in [-0.15, -0.1) is 0 Å². The first kappa shape index (κ1) is 14.5. The number of hydrogen-bond donors (Lipinski definition) is 2. The maximum absolute atomic E-state index is 12.8. The van der Waals surface area contributed by atoms with Crippen molar-refractivity contribution in [3.63, 3.8) is 0 Å². The molecule has 20 heavy (non-hydrogen) atoms. The summed E-state index contributed by atoms with van der Waals surface area (Å²) < 4.78 is 12.8. The second-order valence-electron chi connectivity index (χ2n) is 4.26. The fourth-order valence-electron chi connectivity index (χ4n) is 1.73. The molecule has 1 atom stereocenters. The van der Waals surface area contributed by atoms with Crippen LogP contribution in [-0.2, 0) is 0 Å². The zero-order valence-corrected chi connectivity index (χ0v) is 11.3. The standard InChI is InChI=1S/C15H13ClFNO2/c16-13-4-2-1-3-12(13)15(20)18-9-14(19)10-5-7-11(17)8-6-10/h1-8,14,19H,9H2,(H,18,20). The predicted octanol–water partition coefficient (Wildman–Crippen LogP) is 2.94. The fourth-order valence-corrected chi connectivity index (χ4v) is 1.95. The Balaban J connectivity index is 1.97. The van der Waals surface area contributed by atoms with Crippen molar-refractivity contribution in [2.24, 2.45) is 0 Å². The third-order valence-electron chi connectivity index (χ3n) is 2.83. The van der Waals surface area contributed by atoms with E-state index in [-0.39, 0.29) is 18.3 Å². The van der Waals surface area contributed by atoms with Gasteiger partial charge < -0.3 is 10.4 Å². The number of hydrogen-bond acceptors (Lipinski definition) is 2. The highest BCUT2D eigenvalue weighted by Gasteiger charge is 2.12. The van der Waals surface area contributed by atoms with Crippen LogP contribution in [0.4, 0.5) is 4.39 Å². The molecule has 0 aromatic heterocycles. The number of aliphatic hydroxyl groups excluding tert-OH is 1. The van der Waals surface area contributed by atoms with Crippen LogP contribution in [0.5, 0.6) is 0 Å². The van der Waals surface area contributed by atoms with Crippen molar-refractivity contribution in [3.8, 4) is 0 Å². The van der Waals surface area contributed by atoms with Gasteiger partial charge in [0.2, 0.25) is 0 Å². The number of rotatable bonds is 4. The second-order valence-corrected chi connectivity index (χ2v) is 4.66. The van der Waals surface area contributed by atoms with E-state index in [0.717, 1.165) is 0 Å². The summed E-state index contributed by atoms with van der Waals surface area (Å²) in [5.74, 6) is -0.738. The smallest absolute Gasteiger partial charge is 0.252 e. The topological polar surface area (TPSA) is 49.3 Å². The monoisotopic (exact) mass is 293 g/mol. The maximum atomic E-state index is 12.8. The van der Waals surface area contributed by atoms with Gasteiger partial charge in [-0.25, -0.2) is 4.39 Å². The minimum Gasteiger partial charge on any atom is -0.387 e. The molecule has 1 unspecified atom stereocenters. The largest absolute Gasteiger partial charge is 0.387 e. The summed E-state index contributed by atoms with van der Waals surface area (Å²) >= 11 is 5.90. The lowest BCUT2D eigenvalue weighted by Crippen LogP contribution is -2.28. The highest BCUT2D eigenvalue weighted by molar-refractivity contribution is 6.33. The number of halogens is 2. The van der Waals surface area contributed by atoms with Crippen LogP contribution in [0, 0.1) is 5.82 Å². The molecule has 0 saturated carbocycles. The molecule has 3 nitrogen and oxygen atoms in total. The van der Waals surface area contributed by atoms with Crippen LogP contribution in [0.3, 0.4) is 0 Å². The molecule has 0 bridgehead atoms. The molecule has 2 N–H and O–H groups in total. The molecule has 0 fully saturated rings. The molecule has 0 aliphatic heterocycles. The Labute approximate surface area is 121 Å². The van der Waals surface area contributed by atoms with Gasteiger partial charge in [-0.3, -0.25) is 4.79 Å². The Morgan fingerprint density at radius 3 is 2.50 bits per heavy atom. The molecule has 5 heteroatoms. The summed E-state index contributed by atoms with van der Waals surface area (Å²) in [7, 11) is 0. The van der Waals surface area contributed by atoms with E-state index in [1.54, 1.807) is 24.3 Å². The molecule has 2 aromatic carbocycles. The molecule has 2 aromatic rings. The van der Waals surface area contributed by atoms with Crippen molar-refractivity contribution in [1.29, 1.82) is 0 Å². The van der Waals surface area contributed by atoms with Crippen molar-refractivity contribution in [2.45, 2.75) is 6.10 Å². The van der Waals surface area contributed by atoms with E-state index in [4.69, 9.17) is 11.6 Å². The molecule has 2 rings (SSSR count). The van der Waals surface area contributed by atoms with Crippen LogP contribution in [0.2, 0.25) is 5.02 Å². The van der Waals surface area contributed by atoms with Crippen molar-refractivity contribution < 1.29 is 14.3 Å². The lowest BCUT2D eigenvalue weighted by Gasteiger charge is -2.12. The molecule has 1 amide bonds. The highest BCUT2D eigenvalue weighted by Crippen LogP contribution is 2.16. The lowest BCUT2D eigenvalue weighted by atomic mass is 10.1. The van der Waals surface area contributed by atoms with Crippen LogP contribution < -0.4 is 5.32 Å². The average molecular weight is 294 g/mol. The number of amides is 1. The molecular formula is C15H13ClFNO2. The van der Waals surface area contributed by atoms with Gasteiger partial charge in [-0.05, 0) is 29.8 Å². The van der Waals surface area contributed by atoms with E-state index >= 15 is 0 Å². The zero-order valence-electron chi connectivity index (χ0n) is 10.5. The van der Waals surface area contributed by atoms with Gasteiger partial charge in [0.15, 0.2) is 0 Å². The molecule has 0 aliphatic carbocycles. The van der Waals surface area contributed by atoms with Crippen LogP contribution in [-0.4, -0.2) is 17.6 Å². The Hall–Kier alpha value is -1.91. The number of carbonyl (C=O) groups is 1. The van der Waals surface area contributed by atoms with E-state index in [9.17, 15) is 14.3 Å². The maximum Gasteiger partial charge on any atom is 0.252 e. The molecular weight excluding hydrogens is 281 g/mol. The van der Waals surface area contributed by atoms with Gasteiger partial charge in [0, 0.05) is 6.54 Å². The van der Waals surface area contributed by atoms with E-state index in [0.29, 0.717) is 16.1 Å². The Morgan fingerprint density at radius 1 is 1.20 bits per heavy atom. The van der Waals surface area contributed by atoms with Crippen LogP contribution in [0.15, 0.2) is 48.5 Å². The zero-order chi connectivity index (χ0) is 14.5. The highest BCUT2D eigenvalue weighted by atomic mass is 35.5. The Kier molecular flexibility index (Phi) is 4.71. The summed E-state index contributed by atoms with van der Waals surface area (Å²) in [5.41, 5.74) is 0.881. The van der Waals surface area contributed by atoms with Gasteiger partial charge in [0.1, 0.15) is 5.82 Å². The normalized spacial score (nSPS) is 11.9. The Bertz CT molecular complexity index is 601. The summed E-state index contributed by atoms with van der Waals surface area (Å²) in [6.45, 7) is 0.0235. The van der Waals surface area contributed by atoms with Crippen molar-refractivity contribution in [2.75, 3.05) is 6.54 Å². The minimum absolute atomic E-state index is 0.0235. The van der Waals surface area contributed by atoms with Gasteiger partial charge in [0.05, 0.1) is 16.7 Å². The van der Waals surface area contributed by atoms with E-state index in [1.807, 2.05) is 0 Å². The lowest BCUT2D eigenvalue weighted by molar-refractivity contribution is 0.0916. The first-order valence-corrected chi connectivity index (χ1v) is 6.42. The third-order valence-corrected chi connectivity index (χ3v) is 3.16. The summed E-state index contributed by atoms with van der Waals surface area (Å²) in [5, 5.41) is 12.8. The third kappa shape index (κ3) is 3.56. The first-order chi connectivity index (χ1) is 9.58. The minimum atomic E-state index is -0.901. The Morgan fingerprint density at radius 2 is 1.85 bits per heavy atom. The SMILES string of the molecule is O=C(NCC(O)c1ccc(F)cc1)c1ccccc1Cl. The van der Waals surface area contributed by atoms with Crippen molar-refractivity contribution in [3.05, 3.63) is 70.5 Å². The van der Waals surface area contributed by atoms with Gasteiger partial charge in [0.25, 0.3) is 5.91 Å². The number of nitrogens with one attached hydrogen (secondary N) is 1. The molecule has 0 heterocycles. The van der Waals surface area contributed by atoms with Gasteiger partial charge in [-0.2, -0.15) is 0 Å². The molecule has 104 valence electrons. The summed E-state index contributed by atoms with van der Waals surface area (Å²) in [6.07, 6.45) is -0.901. The molecule has 0 radical (unpaired) electrons. The summed E-state index contributed by atoms with van der Waals surface area (Å²) in [6, 6.07) is 12.1. The van der Waals surface area contributed by atoms with Crippen LogP contribution >= 0.6 is 11.6 Å². The molecule has 0 spiro atoms. The van der Waals surface area contributed by atoms with Gasteiger partial charge in [-0.1, -0.05) is 35.9 Å². The first-order valence-electron chi connectivity index (χ1n) is 6.04. The average Bonchev–Trinajstić information content (AvgIpc) is 2.45. The second kappa shape index (κ2) is 6.50. The number of benzene rings is 2. The number of carbonyl (C=O) groups excluding carboxylic acids is 1. The van der Waals surface area contributed by atoms with E-state index in [1.165, 1.54) is 24.3 Å². The fraction of sp³-hybridized carbons (Fsp3) is 0.133.